The van der Waals surface area contributed by atoms with Crippen LogP contribution in [0, 0.1) is 0 Å². The minimum Gasteiger partial charge on any atom is -0.383 e. The first kappa shape index (κ1) is 18.5. The van der Waals surface area contributed by atoms with E-state index < -0.39 is 5.91 Å². The van der Waals surface area contributed by atoms with Crippen molar-refractivity contribution < 1.29 is 4.79 Å². The van der Waals surface area contributed by atoms with Gasteiger partial charge in [0.15, 0.2) is 0 Å². The molecule has 0 spiro atoms. The predicted molar refractivity (Wildman–Crippen MR) is 108 cm³/mol. The molecule has 0 bridgehead atoms. The summed E-state index contributed by atoms with van der Waals surface area (Å²) in [5.74, 6) is -0.473. The summed E-state index contributed by atoms with van der Waals surface area (Å²) in [4.78, 5) is 16.5. The number of piperazine rings is 1. The van der Waals surface area contributed by atoms with Crippen molar-refractivity contribution in [2.45, 2.75) is 13.0 Å². The maximum atomic E-state index is 11.6. The van der Waals surface area contributed by atoms with E-state index in [0.717, 1.165) is 38.4 Å². The number of halogens is 1. The fourth-order valence-electron chi connectivity index (χ4n) is 3.32. The Kier molecular flexibility index (Phi) is 6.01. The summed E-state index contributed by atoms with van der Waals surface area (Å²) in [6, 6.07) is 16.1. The van der Waals surface area contributed by atoms with Crippen LogP contribution in [0.3, 0.4) is 0 Å². The Bertz CT molecular complexity index is 745. The van der Waals surface area contributed by atoms with Crippen molar-refractivity contribution in [1.29, 1.82) is 0 Å². The number of nitrogens with zero attached hydrogens (tertiary/aromatic N) is 2. The lowest BCUT2D eigenvalue weighted by Gasteiger charge is -2.39. The zero-order valence-electron chi connectivity index (χ0n) is 15.0. The molecule has 1 heterocycles. The number of primary amides is 1. The Morgan fingerprint density at radius 2 is 1.85 bits per heavy atom. The summed E-state index contributed by atoms with van der Waals surface area (Å²) in [7, 11) is 0. The van der Waals surface area contributed by atoms with Gasteiger partial charge in [0.2, 0.25) is 0 Å². The molecular formula is C20H25ClN4O. The van der Waals surface area contributed by atoms with E-state index in [9.17, 15) is 4.79 Å². The van der Waals surface area contributed by atoms with E-state index in [1.165, 1.54) is 5.69 Å². The molecule has 26 heavy (non-hydrogen) atoms. The lowest BCUT2D eigenvalue weighted by Crippen LogP contribution is -2.51. The van der Waals surface area contributed by atoms with Gasteiger partial charge in [-0.1, -0.05) is 29.8 Å². The Hall–Kier alpha value is -2.24. The minimum atomic E-state index is -0.473. The largest absolute Gasteiger partial charge is 0.383 e. The first-order valence-corrected chi connectivity index (χ1v) is 9.29. The second-order valence-electron chi connectivity index (χ2n) is 6.64. The molecule has 1 unspecified atom stereocenters. The second kappa shape index (κ2) is 8.43. The van der Waals surface area contributed by atoms with Crippen LogP contribution in [-0.2, 0) is 0 Å². The highest BCUT2D eigenvalue weighted by Gasteiger charge is 2.21. The maximum Gasteiger partial charge on any atom is 0.250 e. The molecule has 0 aliphatic carbocycles. The monoisotopic (exact) mass is 372 g/mol. The summed E-state index contributed by atoms with van der Waals surface area (Å²) in [6.45, 7) is 7.00. The summed E-state index contributed by atoms with van der Waals surface area (Å²) in [5.41, 5.74) is 7.89. The number of carbonyl (C=O) groups is 1. The molecule has 2 aromatic carbocycles. The Morgan fingerprint density at radius 1 is 1.15 bits per heavy atom. The Morgan fingerprint density at radius 3 is 2.50 bits per heavy atom. The number of amides is 1. The number of rotatable bonds is 6. The number of hydrogen-bond donors (Lipinski definition) is 2. The van der Waals surface area contributed by atoms with Crippen molar-refractivity contribution >= 4 is 28.9 Å². The van der Waals surface area contributed by atoms with Crippen molar-refractivity contribution in [3.63, 3.8) is 0 Å². The number of hydrogen-bond acceptors (Lipinski definition) is 4. The number of nitrogens with one attached hydrogen (secondary N) is 1. The van der Waals surface area contributed by atoms with Crippen LogP contribution in [0.25, 0.3) is 0 Å². The standard InChI is InChI=1S/C20H25ClN4O/c1-15(14-23-19-8-7-16(21)13-18(19)20(22)26)24-9-11-25(12-10-24)17-5-3-2-4-6-17/h2-8,13,15,23H,9-12,14H2,1H3,(H2,22,26). The number of anilines is 2. The third-order valence-corrected chi connectivity index (χ3v) is 5.13. The lowest BCUT2D eigenvalue weighted by atomic mass is 10.1. The number of carbonyl (C=O) groups excluding carboxylic acids is 1. The van der Waals surface area contributed by atoms with Crippen LogP contribution in [0.15, 0.2) is 48.5 Å². The van der Waals surface area contributed by atoms with E-state index in [4.69, 9.17) is 17.3 Å². The van der Waals surface area contributed by atoms with Gasteiger partial charge in [-0.05, 0) is 37.3 Å². The quantitative estimate of drug-likeness (QED) is 0.818. The molecule has 1 aliphatic heterocycles. The first-order chi connectivity index (χ1) is 12.5. The fraction of sp³-hybridized carbons (Fsp3) is 0.350. The first-order valence-electron chi connectivity index (χ1n) is 8.92. The van der Waals surface area contributed by atoms with Gasteiger partial charge in [-0.3, -0.25) is 9.69 Å². The minimum absolute atomic E-state index is 0.351. The van der Waals surface area contributed by atoms with Gasteiger partial charge in [-0.2, -0.15) is 0 Å². The number of benzene rings is 2. The zero-order valence-corrected chi connectivity index (χ0v) is 15.7. The molecule has 3 N–H and O–H groups in total. The van der Waals surface area contributed by atoms with Crippen LogP contribution >= 0.6 is 11.6 Å². The highest BCUT2D eigenvalue weighted by atomic mass is 35.5. The van der Waals surface area contributed by atoms with Crippen LogP contribution in [0.4, 0.5) is 11.4 Å². The molecule has 1 saturated heterocycles. The van der Waals surface area contributed by atoms with E-state index in [-0.39, 0.29) is 0 Å². The highest BCUT2D eigenvalue weighted by molar-refractivity contribution is 6.31. The molecule has 0 saturated carbocycles. The summed E-state index contributed by atoms with van der Waals surface area (Å²) in [5, 5.41) is 3.86. The van der Waals surface area contributed by atoms with E-state index in [0.29, 0.717) is 16.6 Å². The molecule has 5 nitrogen and oxygen atoms in total. The molecular weight excluding hydrogens is 348 g/mol. The third kappa shape index (κ3) is 4.48. The van der Waals surface area contributed by atoms with Gasteiger partial charge in [0, 0.05) is 55.2 Å². The van der Waals surface area contributed by atoms with Crippen LogP contribution in [0.2, 0.25) is 5.02 Å². The van der Waals surface area contributed by atoms with Crippen LogP contribution in [0.5, 0.6) is 0 Å². The molecule has 0 radical (unpaired) electrons. The molecule has 1 amide bonds. The van der Waals surface area contributed by atoms with Crippen molar-refractivity contribution in [2.24, 2.45) is 5.73 Å². The van der Waals surface area contributed by atoms with Gasteiger partial charge in [-0.25, -0.2) is 0 Å². The van der Waals surface area contributed by atoms with Crippen LogP contribution in [0.1, 0.15) is 17.3 Å². The van der Waals surface area contributed by atoms with Crippen molar-refractivity contribution in [3.8, 4) is 0 Å². The molecule has 3 rings (SSSR count). The Balaban J connectivity index is 1.54. The maximum absolute atomic E-state index is 11.6. The van der Waals surface area contributed by atoms with Crippen LogP contribution < -0.4 is 16.0 Å². The molecule has 1 aliphatic rings. The highest BCUT2D eigenvalue weighted by Crippen LogP contribution is 2.21. The lowest BCUT2D eigenvalue weighted by molar-refractivity contribution is 0.100. The smallest absolute Gasteiger partial charge is 0.250 e. The van der Waals surface area contributed by atoms with Crippen molar-refractivity contribution in [2.75, 3.05) is 42.9 Å². The molecule has 1 fully saturated rings. The Labute approximate surface area is 159 Å². The average molecular weight is 373 g/mol. The van der Waals surface area contributed by atoms with Crippen molar-refractivity contribution in [1.82, 2.24) is 4.90 Å². The molecule has 2 aromatic rings. The molecule has 0 aromatic heterocycles. The van der Waals surface area contributed by atoms with E-state index in [2.05, 4.69) is 46.3 Å². The second-order valence-corrected chi connectivity index (χ2v) is 7.08. The number of nitrogens with two attached hydrogens (primary N) is 1. The van der Waals surface area contributed by atoms with Gasteiger partial charge in [0.25, 0.3) is 5.91 Å². The van der Waals surface area contributed by atoms with Gasteiger partial charge >= 0.3 is 0 Å². The topological polar surface area (TPSA) is 61.6 Å². The third-order valence-electron chi connectivity index (χ3n) is 4.89. The summed E-state index contributed by atoms with van der Waals surface area (Å²) in [6.07, 6.45) is 0. The normalized spacial score (nSPS) is 16.3. The fourth-order valence-corrected chi connectivity index (χ4v) is 3.49. The van der Waals surface area contributed by atoms with E-state index in [1.807, 2.05) is 12.1 Å². The molecule has 138 valence electrons. The van der Waals surface area contributed by atoms with E-state index >= 15 is 0 Å². The van der Waals surface area contributed by atoms with Gasteiger partial charge in [-0.15, -0.1) is 0 Å². The van der Waals surface area contributed by atoms with Crippen LogP contribution in [-0.4, -0.2) is 49.6 Å². The van der Waals surface area contributed by atoms with Gasteiger partial charge < -0.3 is 16.0 Å². The average Bonchev–Trinajstić information content (AvgIpc) is 2.67. The zero-order chi connectivity index (χ0) is 18.5. The summed E-state index contributed by atoms with van der Waals surface area (Å²) >= 11 is 5.96. The SMILES string of the molecule is CC(CNc1ccc(Cl)cc1C(N)=O)N1CCN(c2ccccc2)CC1. The summed E-state index contributed by atoms with van der Waals surface area (Å²) < 4.78 is 0. The predicted octanol–water partition coefficient (Wildman–Crippen LogP) is 3.06. The molecule has 6 heteroatoms. The number of para-hydroxylation sites is 1. The van der Waals surface area contributed by atoms with Gasteiger partial charge in [0.05, 0.1) is 5.56 Å². The molecule has 1 atom stereocenters. The van der Waals surface area contributed by atoms with Crippen molar-refractivity contribution in [3.05, 3.63) is 59.1 Å². The van der Waals surface area contributed by atoms with Gasteiger partial charge in [0.1, 0.15) is 0 Å². The van der Waals surface area contributed by atoms with E-state index in [1.54, 1.807) is 12.1 Å².